The summed E-state index contributed by atoms with van der Waals surface area (Å²) in [6, 6.07) is 6.73. The number of hydrogen-bond donors (Lipinski definition) is 0. The third kappa shape index (κ3) is 7.05. The number of hydrogen-bond acceptors (Lipinski definition) is 4. The average Bonchev–Trinajstić information content (AvgIpc) is 3.56. The predicted molar refractivity (Wildman–Crippen MR) is 159 cm³/mol. The minimum Gasteiger partial charge on any atom is -0.853 e. The number of unbranched alkanes of at least 4 members (excludes halogenated alkanes) is 2. The standard InChI is InChI=1S/C33H36F6N6O2/c1-5-7-16-44-20-18-42(3)29(44)27(46)40-25-14-12-23(13-15-25)31(32(34,35)36,33(37,38)39)24-10-9-11-26(22-24)41-28(47)30-43(4)19-21-45(30)17-8-6-2/h9-15,18-22H,5-8,16-17H2,1-4H3. The van der Waals surface area contributed by atoms with Crippen LogP contribution in [0.15, 0.2) is 83.3 Å². The maximum atomic E-state index is 14.9. The van der Waals surface area contributed by atoms with Crippen molar-refractivity contribution in [3.05, 3.63) is 96.1 Å². The lowest BCUT2D eigenvalue weighted by Gasteiger charge is -2.38. The third-order valence-electron chi connectivity index (χ3n) is 7.93. The molecule has 0 radical (unpaired) electrons. The molecule has 4 aromatic rings. The van der Waals surface area contributed by atoms with Crippen molar-refractivity contribution in [2.24, 2.45) is 24.1 Å². The molecule has 252 valence electrons. The second kappa shape index (κ2) is 14.0. The smallest absolute Gasteiger partial charge is 0.411 e. The second-order valence-corrected chi connectivity index (χ2v) is 11.2. The molecular weight excluding hydrogens is 626 g/mol. The molecular formula is C33H36F6N6O2. The van der Waals surface area contributed by atoms with Crippen LogP contribution in [0.3, 0.4) is 0 Å². The van der Waals surface area contributed by atoms with Crippen LogP contribution in [0, 0.1) is 0 Å². The molecule has 0 fully saturated rings. The van der Waals surface area contributed by atoms with Crippen LogP contribution in [0.5, 0.6) is 0 Å². The van der Waals surface area contributed by atoms with Crippen LogP contribution >= 0.6 is 0 Å². The zero-order valence-corrected chi connectivity index (χ0v) is 26.4. The maximum Gasteiger partial charge on any atom is 0.411 e. The van der Waals surface area contributed by atoms with Gasteiger partial charge in [0.2, 0.25) is 5.41 Å². The fraction of sp³-hybridized carbons (Fsp3) is 0.394. The fourth-order valence-corrected chi connectivity index (χ4v) is 5.52. The number of aliphatic imine (C=N–C) groups is 2. The van der Waals surface area contributed by atoms with Crippen molar-refractivity contribution >= 4 is 23.2 Å². The zero-order valence-electron chi connectivity index (χ0n) is 26.4. The molecule has 0 saturated carbocycles. The summed E-state index contributed by atoms with van der Waals surface area (Å²) in [5, 5.41) is 26.1. The van der Waals surface area contributed by atoms with Crippen molar-refractivity contribution in [3.8, 4) is 0 Å². The first-order valence-electron chi connectivity index (χ1n) is 15.1. The van der Waals surface area contributed by atoms with E-state index in [9.17, 15) is 36.6 Å². The van der Waals surface area contributed by atoms with Crippen LogP contribution in [0.4, 0.5) is 37.7 Å². The van der Waals surface area contributed by atoms with Gasteiger partial charge >= 0.3 is 12.4 Å². The largest absolute Gasteiger partial charge is 0.853 e. The molecule has 0 aliphatic heterocycles. The highest BCUT2D eigenvalue weighted by Gasteiger charge is 2.72. The summed E-state index contributed by atoms with van der Waals surface area (Å²) in [6.45, 7) is 4.96. The van der Waals surface area contributed by atoms with Gasteiger partial charge in [0.05, 0.1) is 50.4 Å². The highest BCUT2D eigenvalue weighted by Crippen LogP contribution is 2.56. The molecule has 0 saturated heterocycles. The van der Waals surface area contributed by atoms with E-state index < -0.39 is 40.7 Å². The lowest BCUT2D eigenvalue weighted by molar-refractivity contribution is -0.674. The van der Waals surface area contributed by atoms with Crippen LogP contribution in [0.2, 0.25) is 0 Å². The Labute approximate surface area is 268 Å². The lowest BCUT2D eigenvalue weighted by atomic mass is 9.72. The third-order valence-corrected chi connectivity index (χ3v) is 7.93. The number of benzene rings is 2. The van der Waals surface area contributed by atoms with Gasteiger partial charge in [-0.25, -0.2) is 18.3 Å². The van der Waals surface area contributed by atoms with Crippen LogP contribution < -0.4 is 19.3 Å². The van der Waals surface area contributed by atoms with Gasteiger partial charge in [-0.1, -0.05) is 51.0 Å². The van der Waals surface area contributed by atoms with Gasteiger partial charge < -0.3 is 10.2 Å². The highest BCUT2D eigenvalue weighted by molar-refractivity contribution is 5.88. The Hall–Kier alpha value is -4.62. The summed E-state index contributed by atoms with van der Waals surface area (Å²) in [5.74, 6) is -1.18. The average molecular weight is 663 g/mol. The minimum atomic E-state index is -5.86. The molecule has 0 atom stereocenters. The lowest BCUT2D eigenvalue weighted by Crippen LogP contribution is -2.54. The van der Waals surface area contributed by atoms with E-state index in [4.69, 9.17) is 0 Å². The molecule has 2 heterocycles. The Morgan fingerprint density at radius 2 is 1.15 bits per heavy atom. The fourth-order valence-electron chi connectivity index (χ4n) is 5.52. The number of rotatable bonds is 12. The molecule has 47 heavy (non-hydrogen) atoms. The number of nitrogens with zero attached hydrogens (tertiary/aromatic N) is 6. The zero-order chi connectivity index (χ0) is 34.6. The summed E-state index contributed by atoms with van der Waals surface area (Å²) in [7, 11) is 3.22. The first-order chi connectivity index (χ1) is 22.1. The normalized spacial score (nSPS) is 13.4. The summed E-state index contributed by atoms with van der Waals surface area (Å²) < 4.78 is 95.5. The first-order valence-corrected chi connectivity index (χ1v) is 15.1. The summed E-state index contributed by atoms with van der Waals surface area (Å²) in [6.07, 6.45) is -1.88. The molecule has 0 spiro atoms. The molecule has 8 nitrogen and oxygen atoms in total. The van der Waals surface area contributed by atoms with E-state index in [1.807, 2.05) is 13.8 Å². The Morgan fingerprint density at radius 1 is 0.681 bits per heavy atom. The Kier molecular flexibility index (Phi) is 10.5. The van der Waals surface area contributed by atoms with Crippen molar-refractivity contribution in [1.29, 1.82) is 0 Å². The monoisotopic (exact) mass is 662 g/mol. The molecule has 2 aromatic heterocycles. The van der Waals surface area contributed by atoms with Crippen LogP contribution in [0.1, 0.15) is 62.3 Å². The van der Waals surface area contributed by atoms with E-state index in [0.717, 1.165) is 43.9 Å². The van der Waals surface area contributed by atoms with Gasteiger partial charge in [0, 0.05) is 0 Å². The molecule has 0 amide bonds. The topological polar surface area (TPSA) is 88.5 Å². The first kappa shape index (κ1) is 35.2. The van der Waals surface area contributed by atoms with Crippen molar-refractivity contribution < 1.29 is 45.7 Å². The molecule has 4 rings (SSSR count). The molecule has 0 bridgehead atoms. The molecule has 0 aliphatic rings. The molecule has 0 unspecified atom stereocenters. The number of halogens is 6. The van der Waals surface area contributed by atoms with Gasteiger partial charge in [-0.05, 0) is 48.2 Å². The SMILES string of the molecule is CCCCn1cc[n+](C)c1/C([O-])=N/c1ccc(C(c2cccc(/N=C(\[O-])c3n(CCCC)cc[n+]3C)c2)(C(F)(F)F)C(F)(F)F)cc1. The number of imidazole rings is 2. The molecule has 0 N–H and O–H groups in total. The minimum absolute atomic E-state index is 0.117. The van der Waals surface area contributed by atoms with Crippen molar-refractivity contribution in [1.82, 2.24) is 9.13 Å². The number of aryl methyl sites for hydroxylation is 4. The molecule has 2 aromatic carbocycles. The Balaban J connectivity index is 1.79. The quantitative estimate of drug-likeness (QED) is 0.0943. The molecule has 0 aliphatic carbocycles. The van der Waals surface area contributed by atoms with E-state index >= 15 is 0 Å². The van der Waals surface area contributed by atoms with Crippen LogP contribution in [-0.4, -0.2) is 33.3 Å². The Morgan fingerprint density at radius 3 is 1.60 bits per heavy atom. The van der Waals surface area contributed by atoms with Gasteiger partial charge in [-0.15, -0.1) is 0 Å². The van der Waals surface area contributed by atoms with Crippen LogP contribution in [0.25, 0.3) is 0 Å². The summed E-state index contributed by atoms with van der Waals surface area (Å²) in [4.78, 5) is 7.85. The van der Waals surface area contributed by atoms with Gasteiger partial charge in [0.1, 0.15) is 24.8 Å². The predicted octanol–water partition coefficient (Wildman–Crippen LogP) is 4.83. The van der Waals surface area contributed by atoms with Gasteiger partial charge in [-0.2, -0.15) is 26.3 Å². The highest BCUT2D eigenvalue weighted by atomic mass is 19.4. The molecule has 14 heteroatoms. The van der Waals surface area contributed by atoms with Gasteiger partial charge in [-0.3, -0.25) is 9.98 Å². The van der Waals surface area contributed by atoms with Gasteiger partial charge in [0.15, 0.2) is 0 Å². The van der Waals surface area contributed by atoms with Gasteiger partial charge in [0.25, 0.3) is 11.6 Å². The van der Waals surface area contributed by atoms with Crippen molar-refractivity contribution in [3.63, 3.8) is 0 Å². The van der Waals surface area contributed by atoms with E-state index in [0.29, 0.717) is 37.4 Å². The maximum absolute atomic E-state index is 14.9. The number of aromatic nitrogens is 4. The van der Waals surface area contributed by atoms with Crippen molar-refractivity contribution in [2.45, 2.75) is 70.4 Å². The summed E-state index contributed by atoms with van der Waals surface area (Å²) in [5.41, 5.74) is -7.27. The van der Waals surface area contributed by atoms with Crippen LogP contribution in [-0.2, 0) is 32.6 Å². The van der Waals surface area contributed by atoms with E-state index in [-0.39, 0.29) is 23.0 Å². The van der Waals surface area contributed by atoms with Crippen molar-refractivity contribution in [2.75, 3.05) is 0 Å². The Bertz CT molecular complexity index is 1720. The van der Waals surface area contributed by atoms with E-state index in [1.165, 1.54) is 10.6 Å². The number of alkyl halides is 6. The van der Waals surface area contributed by atoms with E-state index in [1.54, 1.807) is 52.6 Å². The van der Waals surface area contributed by atoms with E-state index in [2.05, 4.69) is 9.98 Å². The second-order valence-electron chi connectivity index (χ2n) is 11.2. The summed E-state index contributed by atoms with van der Waals surface area (Å²) >= 11 is 0.